The molecule has 1 unspecified atom stereocenters. The summed E-state index contributed by atoms with van der Waals surface area (Å²) in [5.41, 5.74) is 0.583. The summed E-state index contributed by atoms with van der Waals surface area (Å²) in [4.78, 5) is 4.40. The molecule has 0 bridgehead atoms. The van der Waals surface area contributed by atoms with Gasteiger partial charge in [0.05, 0.1) is 13.0 Å². The third kappa shape index (κ3) is 2.55. The van der Waals surface area contributed by atoms with Gasteiger partial charge in [-0.15, -0.1) is 10.2 Å². The molecule has 0 aromatic carbocycles. The van der Waals surface area contributed by atoms with Crippen LogP contribution in [0.5, 0.6) is 5.88 Å². The average molecular weight is 261 g/mol. The van der Waals surface area contributed by atoms with Crippen molar-refractivity contribution in [2.45, 2.75) is 18.8 Å². The van der Waals surface area contributed by atoms with E-state index < -0.39 is 0 Å². The summed E-state index contributed by atoms with van der Waals surface area (Å²) in [5, 5.41) is 15.2. The average Bonchev–Trinajstić information content (AvgIpc) is 2.98. The van der Waals surface area contributed by atoms with Gasteiger partial charge >= 0.3 is 0 Å². The molecule has 2 aromatic heterocycles. The van der Waals surface area contributed by atoms with Crippen LogP contribution in [0.1, 0.15) is 24.7 Å². The molecule has 0 spiro atoms. The highest BCUT2D eigenvalue weighted by Gasteiger charge is 2.22. The van der Waals surface area contributed by atoms with Crippen molar-refractivity contribution in [2.75, 3.05) is 20.2 Å². The van der Waals surface area contributed by atoms with E-state index in [0.717, 1.165) is 25.9 Å². The van der Waals surface area contributed by atoms with Crippen LogP contribution in [0.2, 0.25) is 0 Å². The zero-order valence-corrected chi connectivity index (χ0v) is 10.7. The Morgan fingerprint density at radius 3 is 3.00 bits per heavy atom. The number of nitrogens with zero attached hydrogens (tertiary/aromatic N) is 4. The first-order chi connectivity index (χ1) is 9.36. The van der Waals surface area contributed by atoms with Gasteiger partial charge in [0.25, 0.3) is 0 Å². The second-order valence-corrected chi connectivity index (χ2v) is 4.46. The van der Waals surface area contributed by atoms with Crippen LogP contribution in [-0.2, 0) is 0 Å². The summed E-state index contributed by atoms with van der Waals surface area (Å²) in [7, 11) is 1.55. The fraction of sp³-hybridized carbons (Fsp3) is 0.500. The van der Waals surface area contributed by atoms with Gasteiger partial charge in [-0.05, 0) is 25.5 Å². The molecule has 0 saturated carbocycles. The minimum atomic E-state index is 0.293. The second-order valence-electron chi connectivity index (χ2n) is 4.46. The SMILES string of the molecule is COc1ccc(-c2noc(C3CCCNC3)n2)nn1. The fourth-order valence-electron chi connectivity index (χ4n) is 2.12. The summed E-state index contributed by atoms with van der Waals surface area (Å²) < 4.78 is 10.3. The van der Waals surface area contributed by atoms with Gasteiger partial charge in [0, 0.05) is 12.6 Å². The van der Waals surface area contributed by atoms with E-state index in [1.54, 1.807) is 19.2 Å². The Hall–Kier alpha value is -2.02. The van der Waals surface area contributed by atoms with E-state index in [4.69, 9.17) is 9.26 Å². The van der Waals surface area contributed by atoms with Gasteiger partial charge in [-0.1, -0.05) is 5.16 Å². The number of hydrogen-bond donors (Lipinski definition) is 1. The Morgan fingerprint density at radius 2 is 2.32 bits per heavy atom. The first-order valence-corrected chi connectivity index (χ1v) is 6.29. The van der Waals surface area contributed by atoms with Crippen LogP contribution in [0.25, 0.3) is 11.5 Å². The van der Waals surface area contributed by atoms with Gasteiger partial charge in [0.15, 0.2) is 0 Å². The van der Waals surface area contributed by atoms with Crippen molar-refractivity contribution >= 4 is 0 Å². The summed E-state index contributed by atoms with van der Waals surface area (Å²) in [6, 6.07) is 3.49. The minimum Gasteiger partial charge on any atom is -0.480 e. The van der Waals surface area contributed by atoms with Gasteiger partial charge in [-0.2, -0.15) is 4.98 Å². The molecule has 1 fully saturated rings. The lowest BCUT2D eigenvalue weighted by atomic mass is 10.00. The van der Waals surface area contributed by atoms with Crippen molar-refractivity contribution in [2.24, 2.45) is 0 Å². The zero-order valence-electron chi connectivity index (χ0n) is 10.7. The molecule has 100 valence electrons. The van der Waals surface area contributed by atoms with Crippen molar-refractivity contribution in [3.05, 3.63) is 18.0 Å². The van der Waals surface area contributed by atoms with E-state index in [1.165, 1.54) is 0 Å². The van der Waals surface area contributed by atoms with Gasteiger partial charge in [0.2, 0.25) is 17.6 Å². The largest absolute Gasteiger partial charge is 0.480 e. The normalized spacial score (nSPS) is 19.3. The number of nitrogens with one attached hydrogen (secondary N) is 1. The molecule has 0 aliphatic carbocycles. The third-order valence-corrected chi connectivity index (χ3v) is 3.17. The monoisotopic (exact) mass is 261 g/mol. The van der Waals surface area contributed by atoms with E-state index in [1.807, 2.05) is 0 Å². The molecule has 1 aliphatic rings. The Morgan fingerprint density at radius 1 is 1.37 bits per heavy atom. The van der Waals surface area contributed by atoms with Gasteiger partial charge < -0.3 is 14.6 Å². The van der Waals surface area contributed by atoms with E-state index >= 15 is 0 Å². The standard InChI is InChI=1S/C12H15N5O2/c1-18-10-5-4-9(15-16-10)11-14-12(19-17-11)8-3-2-6-13-7-8/h4-5,8,13H,2-3,6-7H2,1H3. The van der Waals surface area contributed by atoms with Gasteiger partial charge in [-0.25, -0.2) is 0 Å². The van der Waals surface area contributed by atoms with E-state index in [9.17, 15) is 0 Å². The maximum absolute atomic E-state index is 5.31. The maximum atomic E-state index is 5.31. The molecule has 1 atom stereocenters. The highest BCUT2D eigenvalue weighted by atomic mass is 16.5. The Kier molecular flexibility index (Phi) is 3.37. The van der Waals surface area contributed by atoms with E-state index in [-0.39, 0.29) is 0 Å². The second kappa shape index (κ2) is 5.31. The summed E-state index contributed by atoms with van der Waals surface area (Å²) >= 11 is 0. The summed E-state index contributed by atoms with van der Waals surface area (Å²) in [5.74, 6) is 1.89. The predicted molar refractivity (Wildman–Crippen MR) is 66.7 cm³/mol. The van der Waals surface area contributed by atoms with Crippen molar-refractivity contribution in [3.63, 3.8) is 0 Å². The van der Waals surface area contributed by atoms with Crippen molar-refractivity contribution in [1.82, 2.24) is 25.7 Å². The Bertz CT molecular complexity index is 533. The maximum Gasteiger partial charge on any atom is 0.233 e. The molecule has 7 heteroatoms. The van der Waals surface area contributed by atoms with Crippen LogP contribution >= 0.6 is 0 Å². The molecule has 3 heterocycles. The first kappa shape index (κ1) is 12.0. The third-order valence-electron chi connectivity index (χ3n) is 3.17. The molecule has 7 nitrogen and oxygen atoms in total. The summed E-state index contributed by atoms with van der Waals surface area (Å²) in [6.45, 7) is 1.94. The smallest absolute Gasteiger partial charge is 0.233 e. The van der Waals surface area contributed by atoms with Gasteiger partial charge in [-0.3, -0.25) is 0 Å². The molecular formula is C12H15N5O2. The van der Waals surface area contributed by atoms with Crippen LogP contribution in [0.15, 0.2) is 16.7 Å². The van der Waals surface area contributed by atoms with Crippen LogP contribution in [-0.4, -0.2) is 40.5 Å². The van der Waals surface area contributed by atoms with Gasteiger partial charge in [0.1, 0.15) is 5.69 Å². The van der Waals surface area contributed by atoms with Crippen LogP contribution in [0, 0.1) is 0 Å². The van der Waals surface area contributed by atoms with Crippen LogP contribution < -0.4 is 10.1 Å². The molecule has 0 radical (unpaired) electrons. The quantitative estimate of drug-likeness (QED) is 0.882. The van der Waals surface area contributed by atoms with Crippen LogP contribution in [0.4, 0.5) is 0 Å². The molecule has 1 aliphatic heterocycles. The van der Waals surface area contributed by atoms with E-state index in [0.29, 0.717) is 29.2 Å². The number of aromatic nitrogens is 4. The minimum absolute atomic E-state index is 0.293. The highest BCUT2D eigenvalue weighted by molar-refractivity contribution is 5.47. The summed E-state index contributed by atoms with van der Waals surface area (Å²) in [6.07, 6.45) is 2.20. The van der Waals surface area contributed by atoms with Crippen molar-refractivity contribution in [1.29, 1.82) is 0 Å². The molecule has 19 heavy (non-hydrogen) atoms. The fourth-order valence-corrected chi connectivity index (χ4v) is 2.12. The van der Waals surface area contributed by atoms with Crippen LogP contribution in [0.3, 0.4) is 0 Å². The Labute approximate surface area is 110 Å². The predicted octanol–water partition coefficient (Wildman–Crippen LogP) is 1.00. The van der Waals surface area contributed by atoms with Crippen molar-refractivity contribution < 1.29 is 9.26 Å². The molecule has 3 rings (SSSR count). The molecule has 2 aromatic rings. The molecular weight excluding hydrogens is 246 g/mol. The molecule has 1 saturated heterocycles. The number of methoxy groups -OCH3 is 1. The first-order valence-electron chi connectivity index (χ1n) is 6.29. The zero-order chi connectivity index (χ0) is 13.1. The Balaban J connectivity index is 1.79. The van der Waals surface area contributed by atoms with Crippen molar-refractivity contribution in [3.8, 4) is 17.4 Å². The molecule has 1 N–H and O–H groups in total. The lowest BCUT2D eigenvalue weighted by Crippen LogP contribution is -2.28. The highest BCUT2D eigenvalue weighted by Crippen LogP contribution is 2.23. The number of rotatable bonds is 3. The molecule has 0 amide bonds. The number of piperidine rings is 1. The van der Waals surface area contributed by atoms with E-state index in [2.05, 4.69) is 25.7 Å². The lowest BCUT2D eigenvalue weighted by Gasteiger charge is -2.18. The topological polar surface area (TPSA) is 86.0 Å². The number of ether oxygens (including phenoxy) is 1. The number of hydrogen-bond acceptors (Lipinski definition) is 7. The lowest BCUT2D eigenvalue weighted by molar-refractivity contribution is 0.322.